The quantitative estimate of drug-likeness (QED) is 0.304. The van der Waals surface area contributed by atoms with Crippen molar-refractivity contribution < 1.29 is 4.79 Å². The average molecular weight is 576 g/mol. The Bertz CT molecular complexity index is 1250. The molecule has 0 saturated carbocycles. The van der Waals surface area contributed by atoms with E-state index in [1.54, 1.807) is 42.2 Å². The van der Waals surface area contributed by atoms with Gasteiger partial charge in [0.1, 0.15) is 11.9 Å². The highest BCUT2D eigenvalue weighted by atomic mass is 127. The average Bonchev–Trinajstić information content (AvgIpc) is 3.58. The summed E-state index contributed by atoms with van der Waals surface area (Å²) in [6.07, 6.45) is 9.18. The summed E-state index contributed by atoms with van der Waals surface area (Å²) < 4.78 is 3.46. The molecule has 1 atom stereocenters. The van der Waals surface area contributed by atoms with Crippen LogP contribution in [0, 0.1) is 0 Å². The monoisotopic (exact) mass is 576 g/mol. The molecular formula is C22H25IN8OS. The van der Waals surface area contributed by atoms with E-state index in [0.717, 1.165) is 11.0 Å². The Morgan fingerprint density at radius 3 is 2.61 bits per heavy atom. The zero-order valence-electron chi connectivity index (χ0n) is 18.3. The Morgan fingerprint density at radius 2 is 1.94 bits per heavy atom. The van der Waals surface area contributed by atoms with Gasteiger partial charge in [-0.1, -0.05) is 24.3 Å². The van der Waals surface area contributed by atoms with Crippen LogP contribution in [0.3, 0.4) is 0 Å². The molecule has 9 nitrogen and oxygen atoms in total. The molecule has 1 aromatic carbocycles. The Hall–Kier alpha value is -2.80. The third kappa shape index (κ3) is 5.24. The molecule has 11 heteroatoms. The van der Waals surface area contributed by atoms with Gasteiger partial charge in [0.2, 0.25) is 11.9 Å². The van der Waals surface area contributed by atoms with Crippen molar-refractivity contribution in [2.75, 3.05) is 18.1 Å². The lowest BCUT2D eigenvalue weighted by Crippen LogP contribution is -2.27. The number of aryl methyl sites for hydroxylation is 2. The number of carbonyl (C=O) groups excluding carboxylic acids is 1. The summed E-state index contributed by atoms with van der Waals surface area (Å²) in [5, 5.41) is 10.6. The van der Waals surface area contributed by atoms with Gasteiger partial charge in [0.05, 0.1) is 17.3 Å². The fraction of sp³-hybridized carbons (Fsp3) is 0.273. The maximum absolute atomic E-state index is 11.7. The van der Waals surface area contributed by atoms with Crippen LogP contribution in [-0.4, -0.2) is 36.7 Å². The van der Waals surface area contributed by atoms with Crippen LogP contribution >= 0.6 is 30.3 Å². The number of amides is 1. The lowest BCUT2D eigenvalue weighted by atomic mass is 10.1. The van der Waals surface area contributed by atoms with Gasteiger partial charge >= 0.3 is 0 Å². The summed E-state index contributed by atoms with van der Waals surface area (Å²) in [6.45, 7) is 1.76. The fourth-order valence-electron chi connectivity index (χ4n) is 3.71. The number of nitrogens with two attached hydrogens (primary N) is 1. The highest BCUT2D eigenvalue weighted by Crippen LogP contribution is 2.28. The third-order valence-electron chi connectivity index (χ3n) is 5.51. The lowest BCUT2D eigenvalue weighted by molar-refractivity contribution is -0.123. The summed E-state index contributed by atoms with van der Waals surface area (Å²) >= 11 is 2.17. The first-order valence-corrected chi connectivity index (χ1v) is 13.8. The van der Waals surface area contributed by atoms with Crippen LogP contribution in [0.1, 0.15) is 30.5 Å². The van der Waals surface area contributed by atoms with E-state index in [-0.39, 0.29) is 5.91 Å². The second-order valence-electron chi connectivity index (χ2n) is 7.63. The number of rotatable bonds is 5. The van der Waals surface area contributed by atoms with Crippen molar-refractivity contribution >= 4 is 64.7 Å². The molecular weight excluding hydrogens is 551 g/mol. The molecule has 4 N–H and O–H groups in total. The predicted molar refractivity (Wildman–Crippen MR) is 142 cm³/mol. The summed E-state index contributed by atoms with van der Waals surface area (Å²) in [6, 6.07) is 10.2. The van der Waals surface area contributed by atoms with Crippen LogP contribution in [0.4, 0.5) is 17.5 Å². The first-order valence-electron chi connectivity index (χ1n) is 10.5. The van der Waals surface area contributed by atoms with Crippen molar-refractivity contribution in [3.8, 4) is 0 Å². The molecule has 5 rings (SSSR count). The number of nitrogen functional groups attached to an aromatic ring is 1. The van der Waals surface area contributed by atoms with Crippen LogP contribution < -0.4 is 16.4 Å². The number of nitrogens with zero attached hydrogens (tertiary/aromatic N) is 5. The van der Waals surface area contributed by atoms with E-state index in [9.17, 15) is 4.79 Å². The molecule has 3 heterocycles. The second kappa shape index (κ2) is 10.4. The van der Waals surface area contributed by atoms with Gasteiger partial charge in [0.25, 0.3) is 0 Å². The number of halogens is 1. The number of hydrogen-bond acceptors (Lipinski definition) is 7. The van der Waals surface area contributed by atoms with Crippen LogP contribution in [0.25, 0.3) is 11.0 Å². The zero-order chi connectivity index (χ0) is 23.4. The molecule has 0 spiro atoms. The third-order valence-corrected chi connectivity index (χ3v) is 7.22. The minimum Gasteiger partial charge on any atom is -0.383 e. The Labute approximate surface area is 208 Å². The van der Waals surface area contributed by atoms with E-state index in [1.807, 2.05) is 16.2 Å². The molecule has 1 unspecified atom stereocenters. The summed E-state index contributed by atoms with van der Waals surface area (Å²) in [5.41, 5.74) is 10.5. The van der Waals surface area contributed by atoms with Crippen LogP contribution in [0.15, 0.2) is 48.9 Å². The Balaban J connectivity index is 0.000000238. The predicted octanol–water partition coefficient (Wildman–Crippen LogP) is 4.28. The van der Waals surface area contributed by atoms with Crippen LogP contribution in [-0.2, 0) is 17.6 Å². The molecule has 0 aliphatic heterocycles. The maximum Gasteiger partial charge on any atom is 0.244 e. The van der Waals surface area contributed by atoms with Gasteiger partial charge in [-0.3, -0.25) is 13.4 Å². The largest absolute Gasteiger partial charge is 0.383 e. The van der Waals surface area contributed by atoms with Gasteiger partial charge in [-0.15, -0.1) is 0 Å². The van der Waals surface area contributed by atoms with E-state index < -0.39 is 6.04 Å². The first-order chi connectivity index (χ1) is 16.0. The minimum absolute atomic E-state index is 0.122. The number of anilines is 3. The van der Waals surface area contributed by atoms with Crippen LogP contribution in [0.5, 0.6) is 0 Å². The fourth-order valence-corrected chi connectivity index (χ4v) is 4.98. The molecule has 0 saturated heterocycles. The minimum atomic E-state index is -0.410. The smallest absolute Gasteiger partial charge is 0.244 e. The van der Waals surface area contributed by atoms with Crippen LogP contribution in [0.2, 0.25) is 0 Å². The Morgan fingerprint density at radius 1 is 1.21 bits per heavy atom. The highest BCUT2D eigenvalue weighted by molar-refractivity contribution is 14.2. The standard InChI is InChI=1S/C13H15IN8OS.C9H10/c1-7(12(23)16-2)21-6-8(5-17-21)18-13-19-10(15)9-3-4-22(24-14)11(9)20-13;1-2-5-9-7-3-6-8(9)4-1/h3-7H,1-2H3,(H,16,23)(H3,15,18,19,20);1-2,4-5H,3,6-7H2. The molecule has 1 amide bonds. The van der Waals surface area contributed by atoms with E-state index >= 15 is 0 Å². The van der Waals surface area contributed by atoms with Gasteiger partial charge in [0, 0.05) is 49.8 Å². The highest BCUT2D eigenvalue weighted by Gasteiger charge is 2.15. The number of benzene rings is 1. The SMILES string of the molecule is CNC(=O)C(C)n1cc(Nc2nc(N)c3ccn(SI)c3n2)cn1.c1ccc2c(c1)CCC2. The summed E-state index contributed by atoms with van der Waals surface area (Å²) in [7, 11) is 3.09. The van der Waals surface area contributed by atoms with Gasteiger partial charge in [-0.2, -0.15) is 15.1 Å². The number of likely N-dealkylation sites (N-methyl/N-ethyl adjacent to an activating group) is 1. The van der Waals surface area contributed by atoms with Gasteiger partial charge < -0.3 is 16.4 Å². The topological polar surface area (TPSA) is 116 Å². The maximum atomic E-state index is 11.7. The van der Waals surface area contributed by atoms with Crippen molar-refractivity contribution in [2.24, 2.45) is 0 Å². The zero-order valence-corrected chi connectivity index (χ0v) is 21.3. The number of nitrogens with one attached hydrogen (secondary N) is 2. The summed E-state index contributed by atoms with van der Waals surface area (Å²) in [5.74, 6) is 0.652. The molecule has 4 aromatic rings. The van der Waals surface area contributed by atoms with Gasteiger partial charge in [-0.05, 0) is 43.4 Å². The Kier molecular flexibility index (Phi) is 7.38. The van der Waals surface area contributed by atoms with E-state index in [4.69, 9.17) is 5.73 Å². The van der Waals surface area contributed by atoms with Crippen molar-refractivity contribution in [3.05, 3.63) is 60.0 Å². The number of fused-ring (bicyclic) bond motifs is 2. The molecule has 0 radical (unpaired) electrons. The molecule has 1 aliphatic rings. The number of aromatic nitrogens is 5. The lowest BCUT2D eigenvalue weighted by Gasteiger charge is -2.09. The number of carbonyl (C=O) groups is 1. The van der Waals surface area contributed by atoms with Gasteiger partial charge in [-0.25, -0.2) is 0 Å². The van der Waals surface area contributed by atoms with E-state index in [2.05, 4.69) is 71.2 Å². The van der Waals surface area contributed by atoms with Crippen molar-refractivity contribution in [2.45, 2.75) is 32.2 Å². The number of hydrogen-bond donors (Lipinski definition) is 3. The van der Waals surface area contributed by atoms with Gasteiger partial charge in [0.15, 0.2) is 5.65 Å². The first kappa shape index (κ1) is 23.4. The molecule has 33 heavy (non-hydrogen) atoms. The second-order valence-corrected chi connectivity index (χ2v) is 9.34. The van der Waals surface area contributed by atoms with Crippen molar-refractivity contribution in [3.63, 3.8) is 0 Å². The van der Waals surface area contributed by atoms with E-state index in [1.165, 1.54) is 28.4 Å². The molecule has 0 bridgehead atoms. The molecule has 0 fully saturated rings. The normalized spacial score (nSPS) is 13.2. The molecule has 3 aromatic heterocycles. The molecule has 172 valence electrons. The summed E-state index contributed by atoms with van der Waals surface area (Å²) in [4.78, 5) is 20.4. The van der Waals surface area contributed by atoms with Crippen molar-refractivity contribution in [1.82, 2.24) is 29.0 Å². The molecule has 1 aliphatic carbocycles. The van der Waals surface area contributed by atoms with E-state index in [0.29, 0.717) is 17.5 Å². The van der Waals surface area contributed by atoms with Crippen molar-refractivity contribution in [1.29, 1.82) is 0 Å².